The number of nitrogens with two attached hydrogens (primary N) is 1. The molecule has 1 aliphatic rings. The summed E-state index contributed by atoms with van der Waals surface area (Å²) in [6.07, 6.45) is 0. The van der Waals surface area contributed by atoms with Gasteiger partial charge in [0, 0.05) is 25.3 Å². The normalized spacial score (nSPS) is 14.0. The first-order chi connectivity index (χ1) is 10.2. The van der Waals surface area contributed by atoms with Gasteiger partial charge in [0.05, 0.1) is 6.54 Å². The van der Waals surface area contributed by atoms with Crippen LogP contribution in [0.5, 0.6) is 0 Å². The van der Waals surface area contributed by atoms with Crippen LogP contribution in [0.4, 0.5) is 5.69 Å². The van der Waals surface area contributed by atoms with Gasteiger partial charge in [-0.1, -0.05) is 36.4 Å². The topological polar surface area (TPSA) is 58.4 Å². The van der Waals surface area contributed by atoms with Gasteiger partial charge in [0.1, 0.15) is 0 Å². The van der Waals surface area contributed by atoms with E-state index < -0.39 is 0 Å². The fraction of sp³-hybridized carbons (Fsp3) is 0.235. The quantitative estimate of drug-likeness (QED) is 0.902. The van der Waals surface area contributed by atoms with Crippen LogP contribution in [0, 0.1) is 0 Å². The van der Waals surface area contributed by atoms with Gasteiger partial charge in [0.15, 0.2) is 0 Å². The summed E-state index contributed by atoms with van der Waals surface area (Å²) < 4.78 is 0. The van der Waals surface area contributed by atoms with Gasteiger partial charge in [-0.2, -0.15) is 0 Å². The molecule has 108 valence electrons. The number of nitrogens with zero attached hydrogens (tertiary/aromatic N) is 1. The Balaban J connectivity index is 1.55. The standard InChI is InChI=1S/C17H19N3O/c18-9-13-5-7-16(8-6-13)19-17(21)12-20-10-14-3-1-2-4-15(14)11-20/h1-8H,9-12,18H2,(H,19,21). The van der Waals surface area contributed by atoms with Crippen LogP contribution in [-0.4, -0.2) is 17.4 Å². The molecule has 0 atom stereocenters. The Kier molecular flexibility index (Phi) is 3.99. The zero-order chi connectivity index (χ0) is 14.7. The van der Waals surface area contributed by atoms with Crippen LogP contribution >= 0.6 is 0 Å². The second-order valence-corrected chi connectivity index (χ2v) is 5.36. The van der Waals surface area contributed by atoms with E-state index in [1.165, 1.54) is 11.1 Å². The Bertz CT molecular complexity index is 612. The van der Waals surface area contributed by atoms with Gasteiger partial charge < -0.3 is 11.1 Å². The molecule has 1 heterocycles. The highest BCUT2D eigenvalue weighted by molar-refractivity contribution is 5.92. The van der Waals surface area contributed by atoms with E-state index >= 15 is 0 Å². The summed E-state index contributed by atoms with van der Waals surface area (Å²) >= 11 is 0. The number of benzene rings is 2. The minimum Gasteiger partial charge on any atom is -0.326 e. The average Bonchev–Trinajstić information content (AvgIpc) is 2.90. The molecule has 4 nitrogen and oxygen atoms in total. The van der Waals surface area contributed by atoms with Crippen LogP contribution < -0.4 is 11.1 Å². The van der Waals surface area contributed by atoms with Crippen LogP contribution in [0.25, 0.3) is 0 Å². The van der Waals surface area contributed by atoms with Crippen molar-refractivity contribution in [3.8, 4) is 0 Å². The minimum absolute atomic E-state index is 0.0169. The lowest BCUT2D eigenvalue weighted by Gasteiger charge is -2.14. The van der Waals surface area contributed by atoms with Crippen molar-refractivity contribution in [1.29, 1.82) is 0 Å². The maximum absolute atomic E-state index is 12.1. The van der Waals surface area contributed by atoms with Crippen LogP contribution in [0.3, 0.4) is 0 Å². The molecule has 3 N–H and O–H groups in total. The average molecular weight is 281 g/mol. The molecule has 0 saturated carbocycles. The molecule has 2 aromatic carbocycles. The van der Waals surface area contributed by atoms with Gasteiger partial charge >= 0.3 is 0 Å². The smallest absolute Gasteiger partial charge is 0.238 e. The van der Waals surface area contributed by atoms with Crippen molar-refractivity contribution in [3.05, 3.63) is 65.2 Å². The fourth-order valence-corrected chi connectivity index (χ4v) is 2.64. The Morgan fingerprint density at radius 3 is 2.24 bits per heavy atom. The number of anilines is 1. The summed E-state index contributed by atoms with van der Waals surface area (Å²) in [6.45, 7) is 2.61. The lowest BCUT2D eigenvalue weighted by molar-refractivity contribution is -0.117. The maximum Gasteiger partial charge on any atom is 0.238 e. The largest absolute Gasteiger partial charge is 0.326 e. The molecule has 0 bridgehead atoms. The third-order valence-corrected chi connectivity index (χ3v) is 3.75. The molecule has 0 fully saturated rings. The van der Waals surface area contributed by atoms with Crippen molar-refractivity contribution in [2.24, 2.45) is 5.73 Å². The van der Waals surface area contributed by atoms with Crippen molar-refractivity contribution in [3.63, 3.8) is 0 Å². The first-order valence-corrected chi connectivity index (χ1v) is 7.12. The first-order valence-electron chi connectivity index (χ1n) is 7.12. The van der Waals surface area contributed by atoms with Gasteiger partial charge in [-0.05, 0) is 28.8 Å². The highest BCUT2D eigenvalue weighted by Crippen LogP contribution is 2.21. The van der Waals surface area contributed by atoms with E-state index in [4.69, 9.17) is 5.73 Å². The third kappa shape index (κ3) is 3.29. The minimum atomic E-state index is 0.0169. The summed E-state index contributed by atoms with van der Waals surface area (Å²) in [5.41, 5.74) is 10.1. The zero-order valence-electron chi connectivity index (χ0n) is 11.9. The SMILES string of the molecule is NCc1ccc(NC(=O)CN2Cc3ccccc3C2)cc1. The van der Waals surface area contributed by atoms with E-state index in [1.807, 2.05) is 36.4 Å². The van der Waals surface area contributed by atoms with Gasteiger partial charge in [0.2, 0.25) is 5.91 Å². The van der Waals surface area contributed by atoms with E-state index in [0.29, 0.717) is 13.1 Å². The number of hydrogen-bond acceptors (Lipinski definition) is 3. The molecule has 3 rings (SSSR count). The summed E-state index contributed by atoms with van der Waals surface area (Å²) in [5.74, 6) is 0.0169. The van der Waals surface area contributed by atoms with Gasteiger partial charge in [-0.3, -0.25) is 9.69 Å². The van der Waals surface area contributed by atoms with Crippen LogP contribution in [-0.2, 0) is 24.4 Å². The van der Waals surface area contributed by atoms with E-state index in [9.17, 15) is 4.79 Å². The fourth-order valence-electron chi connectivity index (χ4n) is 2.64. The van der Waals surface area contributed by atoms with Crippen molar-refractivity contribution in [2.75, 3.05) is 11.9 Å². The molecular weight excluding hydrogens is 262 g/mol. The van der Waals surface area contributed by atoms with E-state index in [2.05, 4.69) is 22.3 Å². The second-order valence-electron chi connectivity index (χ2n) is 5.36. The number of hydrogen-bond donors (Lipinski definition) is 2. The number of nitrogens with one attached hydrogen (secondary N) is 1. The third-order valence-electron chi connectivity index (χ3n) is 3.75. The number of carbonyl (C=O) groups excluding carboxylic acids is 1. The summed E-state index contributed by atoms with van der Waals surface area (Å²) in [4.78, 5) is 14.2. The number of fused-ring (bicyclic) bond motifs is 1. The Labute approximate surface area is 124 Å². The Morgan fingerprint density at radius 1 is 1.05 bits per heavy atom. The lowest BCUT2D eigenvalue weighted by Crippen LogP contribution is -2.29. The Morgan fingerprint density at radius 2 is 1.67 bits per heavy atom. The monoisotopic (exact) mass is 281 g/mol. The molecule has 1 amide bonds. The molecule has 4 heteroatoms. The van der Waals surface area contributed by atoms with Gasteiger partial charge in [0.25, 0.3) is 0 Å². The van der Waals surface area contributed by atoms with E-state index in [1.54, 1.807) is 0 Å². The molecule has 0 unspecified atom stereocenters. The van der Waals surface area contributed by atoms with Crippen molar-refractivity contribution in [2.45, 2.75) is 19.6 Å². The molecule has 1 aliphatic heterocycles. The molecule has 0 aliphatic carbocycles. The first kappa shape index (κ1) is 13.8. The van der Waals surface area contributed by atoms with E-state index in [0.717, 1.165) is 24.3 Å². The maximum atomic E-state index is 12.1. The second kappa shape index (κ2) is 6.08. The van der Waals surface area contributed by atoms with Crippen molar-refractivity contribution in [1.82, 2.24) is 4.90 Å². The molecular formula is C17H19N3O. The predicted molar refractivity (Wildman–Crippen MR) is 83.5 cm³/mol. The highest BCUT2D eigenvalue weighted by atomic mass is 16.2. The van der Waals surface area contributed by atoms with Crippen molar-refractivity contribution >= 4 is 11.6 Å². The summed E-state index contributed by atoms with van der Waals surface area (Å²) in [5, 5.41) is 2.93. The molecule has 0 radical (unpaired) electrons. The summed E-state index contributed by atoms with van der Waals surface area (Å²) in [6, 6.07) is 16.0. The van der Waals surface area contributed by atoms with Gasteiger partial charge in [-0.15, -0.1) is 0 Å². The van der Waals surface area contributed by atoms with E-state index in [-0.39, 0.29) is 5.91 Å². The number of rotatable bonds is 4. The Hall–Kier alpha value is -2.17. The molecule has 21 heavy (non-hydrogen) atoms. The predicted octanol–water partition coefficient (Wildman–Crippen LogP) is 2.10. The zero-order valence-corrected chi connectivity index (χ0v) is 11.9. The summed E-state index contributed by atoms with van der Waals surface area (Å²) in [7, 11) is 0. The van der Waals surface area contributed by atoms with Crippen LogP contribution in [0.15, 0.2) is 48.5 Å². The molecule has 2 aromatic rings. The van der Waals surface area contributed by atoms with Gasteiger partial charge in [-0.25, -0.2) is 0 Å². The van der Waals surface area contributed by atoms with Crippen LogP contribution in [0.2, 0.25) is 0 Å². The molecule has 0 saturated heterocycles. The van der Waals surface area contributed by atoms with Crippen molar-refractivity contribution < 1.29 is 4.79 Å². The lowest BCUT2D eigenvalue weighted by atomic mass is 10.1. The molecule has 0 spiro atoms. The number of amides is 1. The van der Waals surface area contributed by atoms with Crippen LogP contribution in [0.1, 0.15) is 16.7 Å². The molecule has 0 aromatic heterocycles. The number of carbonyl (C=O) groups is 1. The highest BCUT2D eigenvalue weighted by Gasteiger charge is 2.20.